The molecule has 15 heteroatoms. The standard InChI is InChI=1S/C41H42F10N2O2Si/c1-18(2)24-13-11-14-25(19(3)4)38(24)52-22(9)17-23(10)53(39-26(20(5)6)15-12-16-27(39)21(7)8)56(52,54-40-34(48)30(44)28(42)31(45)35(40)49)55-41-36(50)32(46)29(43)33(47)37(41)51/h11-21,56H,1-10H3. The first-order valence-electron chi connectivity index (χ1n) is 18.0. The van der Waals surface area contributed by atoms with Crippen LogP contribution in [0.1, 0.15) is 115 Å². The Bertz CT molecular complexity index is 2110. The molecule has 4 nitrogen and oxygen atoms in total. The quantitative estimate of drug-likeness (QED) is 0.0690. The van der Waals surface area contributed by atoms with Crippen LogP contribution in [-0.2, 0) is 0 Å². The molecule has 0 atom stereocenters. The van der Waals surface area contributed by atoms with E-state index in [0.29, 0.717) is 22.3 Å². The Morgan fingerprint density at radius 3 is 1.11 bits per heavy atom. The van der Waals surface area contributed by atoms with Crippen molar-refractivity contribution < 1.29 is 57.0 Å². The number of rotatable bonds is 10. The van der Waals surface area contributed by atoms with E-state index in [9.17, 15) is 8.78 Å². The molecule has 302 valence electrons. The number of hydrogen-bond acceptors (Lipinski definition) is 3. The second-order valence-electron chi connectivity index (χ2n) is 15.0. The second-order valence-corrected chi connectivity index (χ2v) is 17.8. The van der Waals surface area contributed by atoms with Crippen molar-refractivity contribution in [1.82, 2.24) is 0 Å². The van der Waals surface area contributed by atoms with Crippen molar-refractivity contribution in [2.24, 2.45) is 0 Å². The van der Waals surface area contributed by atoms with Crippen LogP contribution in [0.2, 0.25) is 0 Å². The molecule has 56 heavy (non-hydrogen) atoms. The summed E-state index contributed by atoms with van der Waals surface area (Å²) in [6, 6.07) is 10.2. The van der Waals surface area contributed by atoms with Crippen LogP contribution < -0.4 is 13.4 Å². The molecule has 0 aliphatic carbocycles. The van der Waals surface area contributed by atoms with Gasteiger partial charge in [0.2, 0.25) is 0 Å². The van der Waals surface area contributed by atoms with Crippen molar-refractivity contribution in [2.45, 2.75) is 92.9 Å². The first kappa shape index (κ1) is 42.4. The van der Waals surface area contributed by atoms with Crippen LogP contribution in [-0.4, -0.2) is 18.8 Å². The maximum absolute atomic E-state index is 16.0. The Morgan fingerprint density at radius 1 is 0.482 bits per heavy atom. The van der Waals surface area contributed by atoms with E-state index in [2.05, 4.69) is 0 Å². The third kappa shape index (κ3) is 6.85. The molecule has 1 heterocycles. The van der Waals surface area contributed by atoms with Gasteiger partial charge in [0.25, 0.3) is 0 Å². The average Bonchev–Trinajstić information content (AvgIpc) is 3.14. The average molecular weight is 813 g/mol. The molecule has 0 radical (unpaired) electrons. The topological polar surface area (TPSA) is 24.7 Å². The number of benzene rings is 4. The van der Waals surface area contributed by atoms with Crippen molar-refractivity contribution in [3.8, 4) is 11.5 Å². The van der Waals surface area contributed by atoms with Gasteiger partial charge in [-0.3, -0.25) is 0 Å². The third-order valence-electron chi connectivity index (χ3n) is 9.88. The van der Waals surface area contributed by atoms with Gasteiger partial charge in [0, 0.05) is 0 Å². The summed E-state index contributed by atoms with van der Waals surface area (Å²) in [6.45, 7) is 17.4. The molecule has 4 aromatic carbocycles. The molecule has 5 rings (SSSR count). The van der Waals surface area contributed by atoms with Crippen molar-refractivity contribution >= 4 is 26.0 Å². The van der Waals surface area contributed by atoms with Gasteiger partial charge in [0.05, 0.1) is 0 Å². The number of para-hydroxylation sites is 2. The predicted octanol–water partition coefficient (Wildman–Crippen LogP) is 12.4. The van der Waals surface area contributed by atoms with E-state index in [1.54, 1.807) is 97.9 Å². The summed E-state index contributed by atoms with van der Waals surface area (Å²) < 4.78 is 169. The zero-order valence-corrected chi connectivity index (χ0v) is 33.6. The fraction of sp³-hybridized carbons (Fsp3) is 0.341. The molecule has 1 aliphatic heterocycles. The first-order chi connectivity index (χ1) is 26.1. The summed E-state index contributed by atoms with van der Waals surface area (Å²) in [5, 5.41) is 0. The van der Waals surface area contributed by atoms with Crippen LogP contribution >= 0.6 is 0 Å². The fourth-order valence-electron chi connectivity index (χ4n) is 7.25. The van der Waals surface area contributed by atoms with Crippen molar-refractivity contribution in [2.75, 3.05) is 4.57 Å². The van der Waals surface area contributed by atoms with Gasteiger partial charge in [0.15, 0.2) is 0 Å². The summed E-state index contributed by atoms with van der Waals surface area (Å²) in [7, 11) is -6.40. The Kier molecular flexibility index (Phi) is 11.8. The molecule has 0 bridgehead atoms. The Balaban J connectivity index is 2.16. The van der Waals surface area contributed by atoms with E-state index >= 15 is 35.1 Å². The number of hydrogen-bond donors (Lipinski definition) is 0. The van der Waals surface area contributed by atoms with E-state index in [0.717, 1.165) is 0 Å². The molecule has 0 saturated carbocycles. The Morgan fingerprint density at radius 2 is 0.786 bits per heavy atom. The van der Waals surface area contributed by atoms with E-state index in [1.807, 2.05) is 0 Å². The van der Waals surface area contributed by atoms with Crippen LogP contribution in [0.5, 0.6) is 11.5 Å². The van der Waals surface area contributed by atoms with Crippen molar-refractivity contribution in [1.29, 1.82) is 0 Å². The van der Waals surface area contributed by atoms with E-state index in [1.165, 1.54) is 22.7 Å². The predicted molar refractivity (Wildman–Crippen MR) is 197 cm³/mol. The molecule has 0 aromatic heterocycles. The zero-order valence-electron chi connectivity index (χ0n) is 32.4. The molecule has 4 aromatic rings. The Labute approximate surface area is 320 Å². The molecule has 0 N–H and O–H groups in total. The van der Waals surface area contributed by atoms with Crippen molar-refractivity contribution in [3.63, 3.8) is 0 Å². The van der Waals surface area contributed by atoms with Gasteiger partial charge in [-0.2, -0.15) is 0 Å². The van der Waals surface area contributed by atoms with Crippen LogP contribution in [0.3, 0.4) is 0 Å². The van der Waals surface area contributed by atoms with Crippen molar-refractivity contribution in [3.05, 3.63) is 129 Å². The van der Waals surface area contributed by atoms with Gasteiger partial charge < -0.3 is 0 Å². The summed E-state index contributed by atoms with van der Waals surface area (Å²) in [6.07, 6.45) is 1.59. The minimum atomic E-state index is -6.40. The molecule has 0 fully saturated rings. The molecule has 0 unspecified atom stereocenters. The van der Waals surface area contributed by atoms with Crippen LogP contribution in [0.15, 0.2) is 48.2 Å². The van der Waals surface area contributed by atoms with E-state index in [4.69, 9.17) is 8.85 Å². The third-order valence-corrected chi connectivity index (χ3v) is 13.6. The maximum atomic E-state index is 16.0. The Hall–Kier alpha value is -4.79. The zero-order chi connectivity index (χ0) is 41.9. The molecule has 0 spiro atoms. The van der Waals surface area contributed by atoms with E-state index < -0.39 is 78.6 Å². The van der Waals surface area contributed by atoms with Gasteiger partial charge in [-0.25, -0.2) is 0 Å². The summed E-state index contributed by atoms with van der Waals surface area (Å²) in [4.78, 5) is 0. The molecular weight excluding hydrogens is 771 g/mol. The number of halogens is 10. The monoisotopic (exact) mass is 812 g/mol. The number of allylic oxidation sites excluding steroid dienone is 2. The second kappa shape index (κ2) is 15.6. The SMILES string of the molecule is CC1=CC(C)=[N+](c2c(C(C)C)cccc2C(C)C)[SiH-](Oc2c(F)c(F)c(F)c(F)c2F)(Oc2c(F)c(F)c(F)c(F)c2F)N1c1c(C(C)C)cccc1C(C)C. The van der Waals surface area contributed by atoms with Gasteiger partial charge in [-0.1, -0.05) is 0 Å². The molecule has 0 amide bonds. The summed E-state index contributed by atoms with van der Waals surface area (Å²) in [5.74, 6) is -29.8. The van der Waals surface area contributed by atoms with Crippen LogP contribution in [0.25, 0.3) is 0 Å². The molecule has 0 saturated heterocycles. The fourth-order valence-corrected chi connectivity index (χ4v) is 11.4. The van der Waals surface area contributed by atoms with Gasteiger partial charge in [-0.05, 0) is 0 Å². The molecular formula is C41H42F10N2O2Si. The van der Waals surface area contributed by atoms with Gasteiger partial charge >= 0.3 is 321 Å². The number of anilines is 1. The van der Waals surface area contributed by atoms with Crippen LogP contribution in [0.4, 0.5) is 55.3 Å². The van der Waals surface area contributed by atoms with Crippen LogP contribution in [0, 0.1) is 58.2 Å². The minimum absolute atomic E-state index is 0.125. The molecule has 1 aliphatic rings. The summed E-state index contributed by atoms with van der Waals surface area (Å²) >= 11 is 0. The first-order valence-corrected chi connectivity index (χ1v) is 20.0. The van der Waals surface area contributed by atoms with Gasteiger partial charge in [0.1, 0.15) is 0 Å². The number of nitrogens with zero attached hydrogens (tertiary/aromatic N) is 2. The van der Waals surface area contributed by atoms with Gasteiger partial charge in [-0.15, -0.1) is 0 Å². The summed E-state index contributed by atoms with van der Waals surface area (Å²) in [5.41, 5.74) is 2.70. The van der Waals surface area contributed by atoms with E-state index in [-0.39, 0.29) is 46.5 Å². The normalized spacial score (nSPS) is 15.1.